The molecular formula is C20H15N3. The molecule has 4 rings (SSSR count). The Morgan fingerprint density at radius 1 is 0.783 bits per heavy atom. The number of fused-ring (bicyclic) bond motifs is 3. The van der Waals surface area contributed by atoms with Crippen LogP contribution < -0.4 is 5.73 Å². The van der Waals surface area contributed by atoms with Gasteiger partial charge in [0.15, 0.2) is 5.82 Å². The average molecular weight is 297 g/mol. The zero-order valence-corrected chi connectivity index (χ0v) is 12.5. The van der Waals surface area contributed by atoms with Gasteiger partial charge in [-0.05, 0) is 23.3 Å². The number of aromatic nitrogens is 2. The van der Waals surface area contributed by atoms with Crippen LogP contribution in [0.2, 0.25) is 0 Å². The van der Waals surface area contributed by atoms with E-state index < -0.39 is 0 Å². The van der Waals surface area contributed by atoms with Gasteiger partial charge >= 0.3 is 0 Å². The standard InChI is InChI=1S/C20H15N3/c21-20-19-17(16-8-4-5-9-18(16)23-20)12-15(13-22-19)11-10-14-6-2-1-3-7-14/h1-13H,(H2,21,23)/b11-10+. The minimum absolute atomic E-state index is 0.470. The second-order valence-corrected chi connectivity index (χ2v) is 5.42. The molecule has 2 heterocycles. The summed E-state index contributed by atoms with van der Waals surface area (Å²) < 4.78 is 0. The Hall–Kier alpha value is -3.20. The van der Waals surface area contributed by atoms with Crippen LogP contribution in [-0.2, 0) is 0 Å². The van der Waals surface area contributed by atoms with E-state index in [0.717, 1.165) is 32.9 Å². The average Bonchev–Trinajstić information content (AvgIpc) is 2.61. The summed E-state index contributed by atoms with van der Waals surface area (Å²) in [5.74, 6) is 0.470. The molecule has 2 aromatic carbocycles. The normalized spacial score (nSPS) is 11.5. The van der Waals surface area contributed by atoms with Crippen molar-refractivity contribution in [3.05, 3.63) is 78.0 Å². The fourth-order valence-corrected chi connectivity index (χ4v) is 2.72. The van der Waals surface area contributed by atoms with Crippen LogP contribution in [0.5, 0.6) is 0 Å². The van der Waals surface area contributed by atoms with E-state index in [9.17, 15) is 0 Å². The zero-order valence-electron chi connectivity index (χ0n) is 12.5. The minimum atomic E-state index is 0.470. The van der Waals surface area contributed by atoms with Crippen molar-refractivity contribution in [2.75, 3.05) is 5.73 Å². The second-order valence-electron chi connectivity index (χ2n) is 5.42. The van der Waals surface area contributed by atoms with Crippen molar-refractivity contribution in [2.45, 2.75) is 0 Å². The summed E-state index contributed by atoms with van der Waals surface area (Å²) in [5.41, 5.74) is 9.89. The van der Waals surface area contributed by atoms with Crippen LogP contribution in [0.15, 0.2) is 66.9 Å². The summed E-state index contributed by atoms with van der Waals surface area (Å²) in [6, 6.07) is 20.3. The largest absolute Gasteiger partial charge is 0.382 e. The van der Waals surface area contributed by atoms with Gasteiger partial charge in [-0.15, -0.1) is 0 Å². The first-order chi connectivity index (χ1) is 11.3. The molecule has 0 bridgehead atoms. The van der Waals surface area contributed by atoms with Crippen LogP contribution in [0.25, 0.3) is 34.0 Å². The highest BCUT2D eigenvalue weighted by Crippen LogP contribution is 2.27. The highest BCUT2D eigenvalue weighted by Gasteiger charge is 2.07. The number of rotatable bonds is 2. The summed E-state index contributed by atoms with van der Waals surface area (Å²) in [7, 11) is 0. The third-order valence-corrected chi connectivity index (χ3v) is 3.85. The summed E-state index contributed by atoms with van der Waals surface area (Å²) in [6.45, 7) is 0. The number of nitrogens with two attached hydrogens (primary N) is 1. The molecule has 0 radical (unpaired) electrons. The number of nitrogen functional groups attached to an aromatic ring is 1. The number of nitrogens with zero attached hydrogens (tertiary/aromatic N) is 2. The number of anilines is 1. The number of benzene rings is 2. The van der Waals surface area contributed by atoms with Gasteiger partial charge in [-0.25, -0.2) is 4.98 Å². The Bertz CT molecular complexity index is 1020. The third-order valence-electron chi connectivity index (χ3n) is 3.85. The van der Waals surface area contributed by atoms with Crippen molar-refractivity contribution in [3.63, 3.8) is 0 Å². The highest BCUT2D eigenvalue weighted by atomic mass is 14.9. The maximum Gasteiger partial charge on any atom is 0.150 e. The van der Waals surface area contributed by atoms with Crippen molar-refractivity contribution in [2.24, 2.45) is 0 Å². The molecule has 0 atom stereocenters. The van der Waals surface area contributed by atoms with Gasteiger partial charge in [0.2, 0.25) is 0 Å². The fourth-order valence-electron chi connectivity index (χ4n) is 2.72. The van der Waals surface area contributed by atoms with Gasteiger partial charge in [-0.3, -0.25) is 4.98 Å². The molecule has 2 N–H and O–H groups in total. The second kappa shape index (κ2) is 5.54. The van der Waals surface area contributed by atoms with E-state index in [1.165, 1.54) is 0 Å². The van der Waals surface area contributed by atoms with Gasteiger partial charge in [0, 0.05) is 17.0 Å². The van der Waals surface area contributed by atoms with Gasteiger partial charge in [0.1, 0.15) is 5.52 Å². The zero-order chi connectivity index (χ0) is 15.6. The van der Waals surface area contributed by atoms with Gasteiger partial charge in [-0.2, -0.15) is 0 Å². The van der Waals surface area contributed by atoms with E-state index in [1.54, 1.807) is 0 Å². The quantitative estimate of drug-likeness (QED) is 0.553. The lowest BCUT2D eigenvalue weighted by molar-refractivity contribution is 1.35. The Kier molecular flexibility index (Phi) is 3.24. The third kappa shape index (κ3) is 2.53. The Balaban J connectivity index is 1.87. The molecule has 0 aliphatic carbocycles. The van der Waals surface area contributed by atoms with Crippen LogP contribution in [0.4, 0.5) is 5.82 Å². The van der Waals surface area contributed by atoms with Gasteiger partial charge in [-0.1, -0.05) is 60.7 Å². The van der Waals surface area contributed by atoms with Crippen molar-refractivity contribution in [1.29, 1.82) is 0 Å². The van der Waals surface area contributed by atoms with E-state index >= 15 is 0 Å². The van der Waals surface area contributed by atoms with E-state index in [4.69, 9.17) is 5.73 Å². The van der Waals surface area contributed by atoms with E-state index in [2.05, 4.69) is 46.4 Å². The molecule has 0 amide bonds. The van der Waals surface area contributed by atoms with Crippen LogP contribution in [0.3, 0.4) is 0 Å². The Morgan fingerprint density at radius 2 is 1.52 bits per heavy atom. The van der Waals surface area contributed by atoms with E-state index in [-0.39, 0.29) is 0 Å². The van der Waals surface area contributed by atoms with Crippen LogP contribution >= 0.6 is 0 Å². The molecule has 0 saturated carbocycles. The van der Waals surface area contributed by atoms with Crippen molar-refractivity contribution < 1.29 is 0 Å². The van der Waals surface area contributed by atoms with Crippen LogP contribution in [0.1, 0.15) is 11.1 Å². The smallest absolute Gasteiger partial charge is 0.150 e. The lowest BCUT2D eigenvalue weighted by Crippen LogP contribution is -1.95. The van der Waals surface area contributed by atoms with Gasteiger partial charge in [0.05, 0.1) is 5.52 Å². The number of hydrogen-bond acceptors (Lipinski definition) is 3. The van der Waals surface area contributed by atoms with Crippen LogP contribution in [0, 0.1) is 0 Å². The molecule has 0 spiro atoms. The fraction of sp³-hybridized carbons (Fsp3) is 0. The number of para-hydroxylation sites is 1. The monoisotopic (exact) mass is 297 g/mol. The molecule has 4 aromatic rings. The molecule has 0 saturated heterocycles. The maximum atomic E-state index is 6.05. The summed E-state index contributed by atoms with van der Waals surface area (Å²) in [5, 5.41) is 2.10. The molecule has 2 aromatic heterocycles. The van der Waals surface area contributed by atoms with Gasteiger partial charge < -0.3 is 5.73 Å². The van der Waals surface area contributed by atoms with Crippen molar-refractivity contribution in [3.8, 4) is 0 Å². The minimum Gasteiger partial charge on any atom is -0.382 e. The Labute approximate surface area is 134 Å². The first-order valence-electron chi connectivity index (χ1n) is 7.48. The van der Waals surface area contributed by atoms with Crippen LogP contribution in [-0.4, -0.2) is 9.97 Å². The molecule has 0 fully saturated rings. The molecule has 110 valence electrons. The van der Waals surface area contributed by atoms with Gasteiger partial charge in [0.25, 0.3) is 0 Å². The summed E-state index contributed by atoms with van der Waals surface area (Å²) in [4.78, 5) is 8.93. The molecule has 0 aliphatic heterocycles. The highest BCUT2D eigenvalue weighted by molar-refractivity contribution is 6.08. The molecular weight excluding hydrogens is 282 g/mol. The predicted molar refractivity (Wildman–Crippen MR) is 96.8 cm³/mol. The van der Waals surface area contributed by atoms with Crippen molar-refractivity contribution >= 4 is 39.8 Å². The lowest BCUT2D eigenvalue weighted by Gasteiger charge is -2.06. The molecule has 3 heteroatoms. The molecule has 23 heavy (non-hydrogen) atoms. The summed E-state index contributed by atoms with van der Waals surface area (Å²) in [6.07, 6.45) is 5.97. The first kappa shape index (κ1) is 13.5. The van der Waals surface area contributed by atoms with E-state index in [0.29, 0.717) is 5.82 Å². The molecule has 0 unspecified atom stereocenters. The first-order valence-corrected chi connectivity index (χ1v) is 7.48. The predicted octanol–water partition coefficient (Wildman–Crippen LogP) is 4.54. The maximum absolute atomic E-state index is 6.05. The topological polar surface area (TPSA) is 51.8 Å². The Morgan fingerprint density at radius 3 is 2.39 bits per heavy atom. The summed E-state index contributed by atoms with van der Waals surface area (Å²) >= 11 is 0. The molecule has 3 nitrogen and oxygen atoms in total. The number of pyridine rings is 2. The lowest BCUT2D eigenvalue weighted by atomic mass is 10.1. The number of hydrogen-bond donors (Lipinski definition) is 1. The molecule has 0 aliphatic rings. The van der Waals surface area contributed by atoms with E-state index in [1.807, 2.05) is 42.6 Å². The van der Waals surface area contributed by atoms with Crippen molar-refractivity contribution in [1.82, 2.24) is 9.97 Å². The SMILES string of the molecule is Nc1nc2ccccc2c2cc(/C=C/c3ccccc3)cnc12.